The van der Waals surface area contributed by atoms with E-state index in [9.17, 15) is 0 Å². The highest BCUT2D eigenvalue weighted by Crippen LogP contribution is 2.35. The van der Waals surface area contributed by atoms with Gasteiger partial charge in [0.15, 0.2) is 0 Å². The third-order valence-electron chi connectivity index (χ3n) is 3.84. The van der Waals surface area contributed by atoms with Crippen molar-refractivity contribution < 1.29 is 9.13 Å². The molecular weight excluding hydrogens is 255 g/mol. The minimum absolute atomic E-state index is 0.0608. The van der Waals surface area contributed by atoms with E-state index in [0.29, 0.717) is 25.2 Å². The molecule has 1 aliphatic rings. The Bertz CT molecular complexity index is 589. The summed E-state index contributed by atoms with van der Waals surface area (Å²) in [7, 11) is 0. The second-order valence-electron chi connectivity index (χ2n) is 5.50. The van der Waals surface area contributed by atoms with E-state index in [1.807, 2.05) is 30.3 Å². The predicted octanol–water partition coefficient (Wildman–Crippen LogP) is 2.80. The van der Waals surface area contributed by atoms with Gasteiger partial charge < -0.3 is 10.1 Å². The molecule has 0 spiro atoms. The first-order valence-electron chi connectivity index (χ1n) is 7.01. The van der Waals surface area contributed by atoms with Gasteiger partial charge in [-0.3, -0.25) is 4.98 Å². The van der Waals surface area contributed by atoms with Gasteiger partial charge in [0.2, 0.25) is 0 Å². The molecule has 2 atom stereocenters. The number of halogens is 1. The van der Waals surface area contributed by atoms with Gasteiger partial charge in [-0.25, -0.2) is 4.39 Å². The largest absolute Gasteiger partial charge is 0.379 e. The van der Waals surface area contributed by atoms with Crippen LogP contribution in [0.25, 0.3) is 10.9 Å². The van der Waals surface area contributed by atoms with Crippen molar-refractivity contribution in [3.8, 4) is 0 Å². The molecule has 20 heavy (non-hydrogen) atoms. The Morgan fingerprint density at radius 1 is 1.40 bits per heavy atom. The Morgan fingerprint density at radius 3 is 3.10 bits per heavy atom. The van der Waals surface area contributed by atoms with Crippen molar-refractivity contribution in [2.24, 2.45) is 0 Å². The zero-order valence-corrected chi connectivity index (χ0v) is 11.6. The highest BCUT2D eigenvalue weighted by molar-refractivity contribution is 5.82. The molecule has 2 aromatic rings. The average molecular weight is 274 g/mol. The highest BCUT2D eigenvalue weighted by Gasteiger charge is 2.32. The Morgan fingerprint density at radius 2 is 2.30 bits per heavy atom. The monoisotopic (exact) mass is 274 g/mol. The summed E-state index contributed by atoms with van der Waals surface area (Å²) in [5, 5.41) is 4.20. The number of rotatable bonds is 3. The molecule has 106 valence electrons. The Kier molecular flexibility index (Phi) is 3.68. The summed E-state index contributed by atoms with van der Waals surface area (Å²) in [6.07, 6.45) is 2.14. The van der Waals surface area contributed by atoms with Crippen molar-refractivity contribution in [2.75, 3.05) is 19.8 Å². The number of nitrogens with zero attached hydrogens (tertiary/aromatic N) is 1. The number of nitrogens with one attached hydrogen (secondary N) is 1. The van der Waals surface area contributed by atoms with Crippen LogP contribution in [0.5, 0.6) is 0 Å². The van der Waals surface area contributed by atoms with Crippen LogP contribution in [0.1, 0.15) is 18.9 Å². The Balaban J connectivity index is 1.91. The lowest BCUT2D eigenvalue weighted by atomic mass is 9.88. The van der Waals surface area contributed by atoms with Crippen molar-refractivity contribution >= 4 is 10.9 Å². The molecule has 0 radical (unpaired) electrons. The van der Waals surface area contributed by atoms with Gasteiger partial charge in [0, 0.05) is 30.6 Å². The molecule has 0 saturated carbocycles. The summed E-state index contributed by atoms with van der Waals surface area (Å²) in [5.41, 5.74) is 0.137. The number of fused-ring (bicyclic) bond motifs is 1. The minimum atomic E-state index is -1.40. The molecular formula is C16H19FN2O. The molecule has 3 nitrogen and oxygen atoms in total. The molecule has 3 rings (SSSR count). The highest BCUT2D eigenvalue weighted by atomic mass is 19.1. The summed E-state index contributed by atoms with van der Waals surface area (Å²) >= 11 is 0. The maximum Gasteiger partial charge on any atom is 0.135 e. The fourth-order valence-electron chi connectivity index (χ4n) is 2.88. The Hall–Kier alpha value is -1.52. The third-order valence-corrected chi connectivity index (χ3v) is 3.84. The molecule has 1 aromatic heterocycles. The number of hydrogen-bond donors (Lipinski definition) is 1. The van der Waals surface area contributed by atoms with Crippen LogP contribution in [0.4, 0.5) is 4.39 Å². The third kappa shape index (κ3) is 2.67. The van der Waals surface area contributed by atoms with Crippen LogP contribution < -0.4 is 5.32 Å². The number of benzene rings is 1. The lowest BCUT2D eigenvalue weighted by molar-refractivity contribution is 0.0478. The van der Waals surface area contributed by atoms with Crippen LogP contribution >= 0.6 is 0 Å². The normalized spacial score (nSPS) is 22.6. The van der Waals surface area contributed by atoms with E-state index in [2.05, 4.69) is 10.3 Å². The second-order valence-corrected chi connectivity index (χ2v) is 5.50. The van der Waals surface area contributed by atoms with E-state index in [1.54, 1.807) is 13.1 Å². The van der Waals surface area contributed by atoms with Crippen LogP contribution in [0.3, 0.4) is 0 Å². The van der Waals surface area contributed by atoms with Crippen molar-refractivity contribution in [3.05, 3.63) is 42.1 Å². The zero-order valence-electron chi connectivity index (χ0n) is 11.6. The number of alkyl halides is 1. The van der Waals surface area contributed by atoms with E-state index in [4.69, 9.17) is 4.74 Å². The molecule has 0 aliphatic carbocycles. The van der Waals surface area contributed by atoms with Gasteiger partial charge in [-0.2, -0.15) is 0 Å². The topological polar surface area (TPSA) is 34.1 Å². The summed E-state index contributed by atoms with van der Waals surface area (Å²) < 4.78 is 20.6. The van der Waals surface area contributed by atoms with Gasteiger partial charge in [0.25, 0.3) is 0 Å². The van der Waals surface area contributed by atoms with Crippen molar-refractivity contribution in [1.82, 2.24) is 10.3 Å². The fourth-order valence-corrected chi connectivity index (χ4v) is 2.88. The smallest absolute Gasteiger partial charge is 0.135 e. The van der Waals surface area contributed by atoms with Crippen molar-refractivity contribution in [3.63, 3.8) is 0 Å². The van der Waals surface area contributed by atoms with E-state index in [-0.39, 0.29) is 6.04 Å². The zero-order chi connectivity index (χ0) is 14.0. The predicted molar refractivity (Wildman–Crippen MR) is 77.4 cm³/mol. The van der Waals surface area contributed by atoms with Crippen LogP contribution in [-0.2, 0) is 10.4 Å². The molecule has 1 N–H and O–H groups in total. The van der Waals surface area contributed by atoms with E-state index in [1.165, 1.54) is 0 Å². The molecule has 1 fully saturated rings. The second kappa shape index (κ2) is 5.46. The maximum atomic E-state index is 15.2. The van der Waals surface area contributed by atoms with Gasteiger partial charge in [-0.15, -0.1) is 0 Å². The standard InChI is InChI=1S/C16H19FN2O/c1-16(17,10-12-11-20-9-8-18-12)14-5-2-6-15-13(14)4-3-7-19-15/h2-7,12,18H,8-11H2,1H3. The first-order valence-corrected chi connectivity index (χ1v) is 7.01. The Labute approximate surface area is 118 Å². The van der Waals surface area contributed by atoms with E-state index in [0.717, 1.165) is 17.4 Å². The van der Waals surface area contributed by atoms with Crippen LogP contribution in [0.15, 0.2) is 36.5 Å². The lowest BCUT2D eigenvalue weighted by Crippen LogP contribution is -2.44. The molecule has 2 heterocycles. The summed E-state index contributed by atoms with van der Waals surface area (Å²) in [4.78, 5) is 4.30. The first kappa shape index (κ1) is 13.5. The van der Waals surface area contributed by atoms with Gasteiger partial charge in [-0.1, -0.05) is 18.2 Å². The number of aromatic nitrogens is 1. The lowest BCUT2D eigenvalue weighted by Gasteiger charge is -2.30. The van der Waals surface area contributed by atoms with Crippen molar-refractivity contribution in [1.29, 1.82) is 0 Å². The van der Waals surface area contributed by atoms with Gasteiger partial charge in [0.05, 0.1) is 18.7 Å². The SMILES string of the molecule is CC(F)(CC1COCCN1)c1cccc2ncccc12. The summed E-state index contributed by atoms with van der Waals surface area (Å²) in [6.45, 7) is 3.71. The molecule has 4 heteroatoms. The number of ether oxygens (including phenoxy) is 1. The molecule has 2 unspecified atom stereocenters. The van der Waals surface area contributed by atoms with Gasteiger partial charge >= 0.3 is 0 Å². The summed E-state index contributed by atoms with van der Waals surface area (Å²) in [6, 6.07) is 9.48. The van der Waals surface area contributed by atoms with Crippen LogP contribution in [-0.4, -0.2) is 30.8 Å². The molecule has 0 amide bonds. The van der Waals surface area contributed by atoms with Crippen LogP contribution in [0.2, 0.25) is 0 Å². The fraction of sp³-hybridized carbons (Fsp3) is 0.438. The quantitative estimate of drug-likeness (QED) is 0.934. The maximum absolute atomic E-state index is 15.2. The number of morpholine rings is 1. The van der Waals surface area contributed by atoms with Gasteiger partial charge in [-0.05, 0) is 24.6 Å². The molecule has 1 aliphatic heterocycles. The minimum Gasteiger partial charge on any atom is -0.379 e. The van der Waals surface area contributed by atoms with Crippen molar-refractivity contribution in [2.45, 2.75) is 25.1 Å². The summed E-state index contributed by atoms with van der Waals surface area (Å²) in [5.74, 6) is 0. The van der Waals surface area contributed by atoms with Gasteiger partial charge in [0.1, 0.15) is 5.67 Å². The number of pyridine rings is 1. The first-order chi connectivity index (χ1) is 9.67. The van der Waals surface area contributed by atoms with E-state index < -0.39 is 5.67 Å². The molecule has 0 bridgehead atoms. The average Bonchev–Trinajstić information content (AvgIpc) is 2.47. The molecule has 1 saturated heterocycles. The van der Waals surface area contributed by atoms with Crippen LogP contribution in [0, 0.1) is 0 Å². The number of hydrogen-bond acceptors (Lipinski definition) is 3. The molecule has 1 aromatic carbocycles. The van der Waals surface area contributed by atoms with E-state index >= 15 is 4.39 Å².